The van der Waals surface area contributed by atoms with Gasteiger partial charge in [-0.3, -0.25) is 0 Å². The van der Waals surface area contributed by atoms with E-state index < -0.39 is 8.80 Å². The Labute approximate surface area is 103 Å². The van der Waals surface area contributed by atoms with Gasteiger partial charge in [-0.2, -0.15) is 0 Å². The van der Waals surface area contributed by atoms with Crippen molar-refractivity contribution in [2.75, 3.05) is 21.3 Å². The quantitative estimate of drug-likeness (QED) is 0.580. The summed E-state index contributed by atoms with van der Waals surface area (Å²) in [7, 11) is 1.99. The zero-order chi connectivity index (χ0) is 12.7. The lowest BCUT2D eigenvalue weighted by Crippen LogP contribution is -2.54. The molecule has 0 atom stereocenters. The van der Waals surface area contributed by atoms with E-state index >= 15 is 0 Å². The molecule has 0 amide bonds. The van der Waals surface area contributed by atoms with Gasteiger partial charge in [-0.25, -0.2) is 0 Å². The lowest BCUT2D eigenvalue weighted by Gasteiger charge is -2.24. The van der Waals surface area contributed by atoms with E-state index in [2.05, 4.69) is 17.8 Å². The normalized spacial score (nSPS) is 10.2. The Balaban J connectivity index is 3.05. The van der Waals surface area contributed by atoms with Gasteiger partial charge in [0.05, 0.1) is 0 Å². The Hall–Kier alpha value is -1.56. The third-order valence-electron chi connectivity index (χ3n) is 2.32. The van der Waals surface area contributed by atoms with Crippen LogP contribution in [0, 0.1) is 24.2 Å². The second-order valence-electron chi connectivity index (χ2n) is 3.14. The van der Waals surface area contributed by atoms with E-state index in [1.165, 1.54) is 0 Å². The van der Waals surface area contributed by atoms with Crippen molar-refractivity contribution < 1.29 is 13.3 Å². The Bertz CT molecular complexity index is 450. The predicted molar refractivity (Wildman–Crippen MR) is 68.6 cm³/mol. The van der Waals surface area contributed by atoms with Crippen molar-refractivity contribution in [3.05, 3.63) is 29.8 Å². The molecule has 3 nitrogen and oxygen atoms in total. The van der Waals surface area contributed by atoms with Crippen molar-refractivity contribution in [2.24, 2.45) is 0 Å². The molecule has 1 rings (SSSR count). The van der Waals surface area contributed by atoms with Crippen LogP contribution in [0.3, 0.4) is 0 Å². The van der Waals surface area contributed by atoms with Gasteiger partial charge < -0.3 is 13.3 Å². The first kappa shape index (κ1) is 13.5. The molecule has 4 heteroatoms. The second-order valence-corrected chi connectivity index (χ2v) is 6.05. The lowest BCUT2D eigenvalue weighted by molar-refractivity contribution is 0.140. The van der Waals surface area contributed by atoms with Crippen molar-refractivity contribution in [1.82, 2.24) is 0 Å². The average molecular weight is 246 g/mol. The maximum Gasteiger partial charge on any atom is 0.536 e. The van der Waals surface area contributed by atoms with Gasteiger partial charge in [0.1, 0.15) is 0 Å². The van der Waals surface area contributed by atoms with E-state index in [-0.39, 0.29) is 0 Å². The third kappa shape index (κ3) is 2.97. The molecule has 0 aromatic heterocycles. The predicted octanol–water partition coefficient (Wildman–Crippen LogP) is 0.756. The number of hydrogen-bond acceptors (Lipinski definition) is 3. The van der Waals surface area contributed by atoms with Crippen molar-refractivity contribution in [3.8, 4) is 24.2 Å². The van der Waals surface area contributed by atoms with Crippen LogP contribution in [0.1, 0.15) is 5.56 Å². The number of rotatable bonds is 4. The van der Waals surface area contributed by atoms with Crippen LogP contribution in [-0.2, 0) is 13.3 Å². The first-order valence-electron chi connectivity index (χ1n) is 4.95. The maximum absolute atomic E-state index is 5.37. The summed E-state index contributed by atoms with van der Waals surface area (Å²) in [5, 5.41) is 0.885. The molecule has 0 N–H and O–H groups in total. The fourth-order valence-corrected chi connectivity index (χ4v) is 3.25. The summed E-state index contributed by atoms with van der Waals surface area (Å²) >= 11 is 0. The number of hydrogen-bond donors (Lipinski definition) is 0. The molecule has 0 unspecified atom stereocenters. The Morgan fingerprint density at radius 2 is 1.53 bits per heavy atom. The summed E-state index contributed by atoms with van der Waals surface area (Å²) < 4.78 is 16.1. The lowest BCUT2D eigenvalue weighted by atomic mass is 10.2. The number of terminal acetylenes is 1. The third-order valence-corrected chi connectivity index (χ3v) is 4.98. The highest BCUT2D eigenvalue weighted by molar-refractivity contribution is 6.75. The molecule has 0 bridgehead atoms. The standard InChI is InChI=1S/C13H14O3Si/c1-5-6-7-12-8-10-13(11-9-12)17(14-2,15-3)16-4/h1,8-11H,2-4H3. The largest absolute Gasteiger partial charge is 0.536 e. The van der Waals surface area contributed by atoms with Crippen LogP contribution < -0.4 is 5.19 Å². The van der Waals surface area contributed by atoms with E-state index in [0.29, 0.717) is 0 Å². The summed E-state index contributed by atoms with van der Waals surface area (Å²) in [6, 6.07) is 7.48. The first-order valence-corrected chi connectivity index (χ1v) is 6.67. The van der Waals surface area contributed by atoms with E-state index in [1.807, 2.05) is 24.3 Å². The molecule has 0 aliphatic heterocycles. The van der Waals surface area contributed by atoms with Gasteiger partial charge in [0, 0.05) is 32.1 Å². The Kier molecular flexibility index (Phi) is 4.96. The molecule has 0 aliphatic rings. The molecule has 0 saturated carbocycles. The molecule has 88 valence electrons. The van der Waals surface area contributed by atoms with E-state index in [0.717, 1.165) is 10.8 Å². The minimum atomic E-state index is -2.74. The molecule has 0 spiro atoms. The fourth-order valence-electron chi connectivity index (χ4n) is 1.47. The van der Waals surface area contributed by atoms with Gasteiger partial charge in [0.2, 0.25) is 0 Å². The highest BCUT2D eigenvalue weighted by Gasteiger charge is 2.40. The van der Waals surface area contributed by atoms with Crippen LogP contribution in [0.15, 0.2) is 24.3 Å². The second kappa shape index (κ2) is 6.24. The van der Waals surface area contributed by atoms with Crippen LogP contribution >= 0.6 is 0 Å². The topological polar surface area (TPSA) is 27.7 Å². The summed E-state index contributed by atoms with van der Waals surface area (Å²) in [4.78, 5) is 0. The smallest absolute Gasteiger partial charge is 0.373 e. The molecule has 17 heavy (non-hydrogen) atoms. The van der Waals surface area contributed by atoms with Crippen LogP contribution in [-0.4, -0.2) is 30.1 Å². The zero-order valence-corrected chi connectivity index (χ0v) is 11.1. The Morgan fingerprint density at radius 1 is 1.00 bits per heavy atom. The van der Waals surface area contributed by atoms with E-state index in [9.17, 15) is 0 Å². The van der Waals surface area contributed by atoms with Gasteiger partial charge in [-0.1, -0.05) is 18.1 Å². The van der Waals surface area contributed by atoms with Crippen LogP contribution in [0.4, 0.5) is 0 Å². The van der Waals surface area contributed by atoms with E-state index in [1.54, 1.807) is 21.3 Å². The molecule has 0 fully saturated rings. The zero-order valence-electron chi connectivity index (χ0n) is 10.1. The monoisotopic (exact) mass is 246 g/mol. The van der Waals surface area contributed by atoms with Gasteiger partial charge >= 0.3 is 8.80 Å². The first-order chi connectivity index (χ1) is 8.22. The van der Waals surface area contributed by atoms with Crippen molar-refractivity contribution in [3.63, 3.8) is 0 Å². The van der Waals surface area contributed by atoms with Gasteiger partial charge in [-0.15, -0.1) is 6.42 Å². The van der Waals surface area contributed by atoms with Crippen LogP contribution in [0.2, 0.25) is 0 Å². The van der Waals surface area contributed by atoms with Gasteiger partial charge in [0.15, 0.2) is 0 Å². The van der Waals surface area contributed by atoms with Crippen LogP contribution in [0.25, 0.3) is 0 Å². The van der Waals surface area contributed by atoms with Crippen molar-refractivity contribution in [2.45, 2.75) is 0 Å². The van der Waals surface area contributed by atoms with Crippen molar-refractivity contribution >= 4 is 14.0 Å². The summed E-state index contributed by atoms with van der Waals surface area (Å²) in [5.41, 5.74) is 0.845. The van der Waals surface area contributed by atoms with Gasteiger partial charge in [0.25, 0.3) is 0 Å². The minimum Gasteiger partial charge on any atom is -0.373 e. The molecule has 0 saturated heterocycles. The van der Waals surface area contributed by atoms with Gasteiger partial charge in [-0.05, 0) is 24.0 Å². The fraction of sp³-hybridized carbons (Fsp3) is 0.231. The number of benzene rings is 1. The van der Waals surface area contributed by atoms with Crippen LogP contribution in [0.5, 0.6) is 0 Å². The summed E-state index contributed by atoms with van der Waals surface area (Å²) in [5.74, 6) is 7.66. The van der Waals surface area contributed by atoms with Crippen molar-refractivity contribution in [1.29, 1.82) is 0 Å². The molecule has 1 aromatic rings. The highest BCUT2D eigenvalue weighted by atomic mass is 28.4. The molecule has 0 radical (unpaired) electrons. The summed E-state index contributed by atoms with van der Waals surface area (Å²) in [6.45, 7) is 0. The SMILES string of the molecule is C#CC#Cc1ccc([Si](OC)(OC)OC)cc1. The summed E-state index contributed by atoms with van der Waals surface area (Å²) in [6.07, 6.45) is 5.06. The average Bonchev–Trinajstić information content (AvgIpc) is 2.40. The molecular formula is C13H14O3Si. The molecule has 0 aliphatic carbocycles. The molecule has 0 heterocycles. The van der Waals surface area contributed by atoms with E-state index in [4.69, 9.17) is 19.7 Å². The molecule has 1 aromatic carbocycles. The highest BCUT2D eigenvalue weighted by Crippen LogP contribution is 2.07. The maximum atomic E-state index is 5.37. The Morgan fingerprint density at radius 3 is 1.94 bits per heavy atom. The molecular weight excluding hydrogens is 232 g/mol. The minimum absolute atomic E-state index is 0.845.